The second kappa shape index (κ2) is 4.43. The van der Waals surface area contributed by atoms with E-state index in [4.69, 9.17) is 5.73 Å². The van der Waals surface area contributed by atoms with E-state index in [2.05, 4.69) is 0 Å². The fraction of sp³-hybridized carbons (Fsp3) is 0.417. The van der Waals surface area contributed by atoms with Crippen molar-refractivity contribution in [3.63, 3.8) is 0 Å². The van der Waals surface area contributed by atoms with Crippen LogP contribution in [0, 0.1) is 17.7 Å². The highest BCUT2D eigenvalue weighted by atomic mass is 19.1. The first kappa shape index (κ1) is 11.7. The molecular weight excluding hydrogens is 193 g/mol. The molecule has 1 aromatic carbocycles. The molecule has 0 saturated carbocycles. The first-order valence-electron chi connectivity index (χ1n) is 5.02. The van der Waals surface area contributed by atoms with Crippen LogP contribution in [0.2, 0.25) is 0 Å². The number of nitrogen functional groups attached to an aromatic ring is 1. The lowest BCUT2D eigenvalue weighted by atomic mass is 9.89. The molecule has 2 nitrogen and oxygen atoms in total. The normalized spacial score (nSPS) is 12.9. The Hall–Kier alpha value is -1.38. The zero-order valence-electron chi connectivity index (χ0n) is 9.25. The smallest absolute Gasteiger partial charge is 0.168 e. The number of rotatable bonds is 3. The largest absolute Gasteiger partial charge is 0.399 e. The molecule has 82 valence electrons. The Morgan fingerprint density at radius 1 is 1.33 bits per heavy atom. The van der Waals surface area contributed by atoms with Gasteiger partial charge in [-0.3, -0.25) is 4.79 Å². The van der Waals surface area contributed by atoms with E-state index in [1.54, 1.807) is 6.92 Å². The summed E-state index contributed by atoms with van der Waals surface area (Å²) in [7, 11) is 0. The molecule has 3 heteroatoms. The standard InChI is InChI=1S/C12H16FNO/c1-7(2)8(3)12(15)10-6-9(14)4-5-11(10)13/h4-8H,14H2,1-3H3. The number of Topliss-reactive ketones (excluding diaryl/α,β-unsaturated/α-hetero) is 1. The van der Waals surface area contributed by atoms with E-state index in [1.165, 1.54) is 18.2 Å². The van der Waals surface area contributed by atoms with Crippen molar-refractivity contribution in [2.75, 3.05) is 5.73 Å². The lowest BCUT2D eigenvalue weighted by Gasteiger charge is -2.14. The number of hydrogen-bond donors (Lipinski definition) is 1. The van der Waals surface area contributed by atoms with Gasteiger partial charge in [0.15, 0.2) is 5.78 Å². The van der Waals surface area contributed by atoms with Gasteiger partial charge in [0, 0.05) is 11.6 Å². The van der Waals surface area contributed by atoms with Gasteiger partial charge < -0.3 is 5.73 Å². The summed E-state index contributed by atoms with van der Waals surface area (Å²) in [6, 6.07) is 4.08. The maximum Gasteiger partial charge on any atom is 0.168 e. The van der Waals surface area contributed by atoms with Gasteiger partial charge in [0.05, 0.1) is 5.56 Å². The van der Waals surface area contributed by atoms with Gasteiger partial charge in [-0.15, -0.1) is 0 Å². The van der Waals surface area contributed by atoms with Crippen molar-refractivity contribution in [1.82, 2.24) is 0 Å². The minimum absolute atomic E-state index is 0.0937. The highest BCUT2D eigenvalue weighted by molar-refractivity contribution is 5.98. The Morgan fingerprint density at radius 3 is 2.47 bits per heavy atom. The molecular formula is C12H16FNO. The fourth-order valence-corrected chi connectivity index (χ4v) is 1.28. The number of hydrogen-bond acceptors (Lipinski definition) is 2. The van der Waals surface area contributed by atoms with E-state index >= 15 is 0 Å². The van der Waals surface area contributed by atoms with E-state index in [1.807, 2.05) is 13.8 Å². The summed E-state index contributed by atoms with van der Waals surface area (Å²) in [5.41, 5.74) is 6.03. The Bertz CT molecular complexity index is 374. The van der Waals surface area contributed by atoms with E-state index in [0.717, 1.165) is 0 Å². The van der Waals surface area contributed by atoms with Gasteiger partial charge in [-0.05, 0) is 24.1 Å². The van der Waals surface area contributed by atoms with Crippen LogP contribution in [0.1, 0.15) is 31.1 Å². The molecule has 15 heavy (non-hydrogen) atoms. The molecule has 0 radical (unpaired) electrons. The summed E-state index contributed by atoms with van der Waals surface area (Å²) in [5, 5.41) is 0. The van der Waals surface area contributed by atoms with Crippen LogP contribution in [-0.2, 0) is 0 Å². The Balaban J connectivity index is 3.05. The molecule has 2 N–H and O–H groups in total. The topological polar surface area (TPSA) is 43.1 Å². The number of nitrogens with two attached hydrogens (primary N) is 1. The van der Waals surface area contributed by atoms with Gasteiger partial charge in [0.1, 0.15) is 5.82 Å². The number of halogens is 1. The maximum absolute atomic E-state index is 13.4. The van der Waals surface area contributed by atoms with Crippen molar-refractivity contribution in [3.8, 4) is 0 Å². The Morgan fingerprint density at radius 2 is 1.93 bits per heavy atom. The third-order valence-electron chi connectivity index (χ3n) is 2.67. The molecule has 0 bridgehead atoms. The van der Waals surface area contributed by atoms with Crippen LogP contribution >= 0.6 is 0 Å². The summed E-state index contributed by atoms with van der Waals surface area (Å²) in [5.74, 6) is -0.684. The number of ketones is 1. The average molecular weight is 209 g/mol. The first-order chi connectivity index (χ1) is 6.93. The summed E-state index contributed by atoms with van der Waals surface area (Å²) in [4.78, 5) is 11.9. The molecule has 0 saturated heterocycles. The van der Waals surface area contributed by atoms with Gasteiger partial charge in [-0.1, -0.05) is 20.8 Å². The van der Waals surface area contributed by atoms with Gasteiger partial charge in [0.25, 0.3) is 0 Å². The van der Waals surface area contributed by atoms with Crippen molar-refractivity contribution in [2.24, 2.45) is 11.8 Å². The minimum Gasteiger partial charge on any atom is -0.399 e. The first-order valence-corrected chi connectivity index (χ1v) is 5.02. The maximum atomic E-state index is 13.4. The summed E-state index contributed by atoms with van der Waals surface area (Å²) < 4.78 is 13.4. The highest BCUT2D eigenvalue weighted by Gasteiger charge is 2.21. The van der Waals surface area contributed by atoms with Crippen LogP contribution in [0.25, 0.3) is 0 Å². The second-order valence-electron chi connectivity index (χ2n) is 4.14. The molecule has 1 atom stereocenters. The Kier molecular flexibility index (Phi) is 3.45. The van der Waals surface area contributed by atoms with Crippen LogP contribution in [-0.4, -0.2) is 5.78 Å². The summed E-state index contributed by atoms with van der Waals surface area (Å²) in [6.45, 7) is 5.68. The van der Waals surface area contributed by atoms with Gasteiger partial charge in [-0.25, -0.2) is 4.39 Å². The molecule has 0 heterocycles. The quantitative estimate of drug-likeness (QED) is 0.614. The van der Waals surface area contributed by atoms with Gasteiger partial charge in [-0.2, -0.15) is 0 Å². The molecule has 0 aliphatic heterocycles. The van der Waals surface area contributed by atoms with Crippen molar-refractivity contribution >= 4 is 11.5 Å². The van der Waals surface area contributed by atoms with Crippen molar-refractivity contribution in [1.29, 1.82) is 0 Å². The lowest BCUT2D eigenvalue weighted by molar-refractivity contribution is 0.0895. The molecule has 0 spiro atoms. The predicted molar refractivity (Wildman–Crippen MR) is 59.1 cm³/mol. The van der Waals surface area contributed by atoms with E-state index < -0.39 is 5.82 Å². The second-order valence-corrected chi connectivity index (χ2v) is 4.14. The van der Waals surface area contributed by atoms with E-state index in [-0.39, 0.29) is 23.2 Å². The van der Waals surface area contributed by atoms with E-state index in [9.17, 15) is 9.18 Å². The van der Waals surface area contributed by atoms with Gasteiger partial charge >= 0.3 is 0 Å². The number of carbonyl (C=O) groups excluding carboxylic acids is 1. The van der Waals surface area contributed by atoms with Crippen LogP contribution in [0.4, 0.5) is 10.1 Å². The molecule has 0 aliphatic rings. The molecule has 1 aromatic rings. The summed E-state index contributed by atoms with van der Waals surface area (Å²) in [6.07, 6.45) is 0. The SMILES string of the molecule is CC(C)C(C)C(=O)c1cc(N)ccc1F. The number of benzene rings is 1. The fourth-order valence-electron chi connectivity index (χ4n) is 1.28. The lowest BCUT2D eigenvalue weighted by Crippen LogP contribution is -2.18. The predicted octanol–water partition coefficient (Wildman–Crippen LogP) is 2.88. The third kappa shape index (κ3) is 2.55. The molecule has 0 aliphatic carbocycles. The van der Waals surface area contributed by atoms with Crippen LogP contribution in [0.5, 0.6) is 0 Å². The molecule has 1 unspecified atom stereocenters. The van der Waals surface area contributed by atoms with Crippen LogP contribution in [0.3, 0.4) is 0 Å². The minimum atomic E-state index is -0.498. The van der Waals surface area contributed by atoms with Crippen molar-refractivity contribution < 1.29 is 9.18 Å². The number of carbonyl (C=O) groups is 1. The van der Waals surface area contributed by atoms with Crippen LogP contribution < -0.4 is 5.73 Å². The molecule has 1 rings (SSSR count). The molecule has 0 amide bonds. The number of anilines is 1. The zero-order chi connectivity index (χ0) is 11.6. The van der Waals surface area contributed by atoms with E-state index in [0.29, 0.717) is 5.69 Å². The highest BCUT2D eigenvalue weighted by Crippen LogP contribution is 2.20. The molecule has 0 aromatic heterocycles. The summed E-state index contributed by atoms with van der Waals surface area (Å²) >= 11 is 0. The van der Waals surface area contributed by atoms with Crippen molar-refractivity contribution in [2.45, 2.75) is 20.8 Å². The third-order valence-corrected chi connectivity index (χ3v) is 2.67. The van der Waals surface area contributed by atoms with Crippen LogP contribution in [0.15, 0.2) is 18.2 Å². The average Bonchev–Trinajstić information content (AvgIpc) is 2.19. The molecule has 0 fully saturated rings. The van der Waals surface area contributed by atoms with Crippen molar-refractivity contribution in [3.05, 3.63) is 29.6 Å². The monoisotopic (exact) mass is 209 g/mol. The Labute approximate surface area is 89.3 Å². The zero-order valence-corrected chi connectivity index (χ0v) is 9.25. The van der Waals surface area contributed by atoms with Gasteiger partial charge in [0.2, 0.25) is 0 Å².